The lowest BCUT2D eigenvalue weighted by Crippen LogP contribution is -2.47. The van der Waals surface area contributed by atoms with Crippen molar-refractivity contribution in [2.75, 3.05) is 6.54 Å². The monoisotopic (exact) mass is 291 g/mol. The SMILES string of the molecule is CCC1CCN1Cn1cc(I)cn1. The van der Waals surface area contributed by atoms with Gasteiger partial charge in [-0.1, -0.05) is 6.92 Å². The zero-order valence-corrected chi connectivity index (χ0v) is 9.94. The molecule has 1 unspecified atom stereocenters. The van der Waals surface area contributed by atoms with Gasteiger partial charge >= 0.3 is 0 Å². The van der Waals surface area contributed by atoms with E-state index in [1.807, 2.05) is 10.9 Å². The van der Waals surface area contributed by atoms with E-state index in [0.29, 0.717) is 0 Å². The van der Waals surface area contributed by atoms with Crippen molar-refractivity contribution >= 4 is 22.6 Å². The lowest BCUT2D eigenvalue weighted by molar-refractivity contribution is 0.0482. The molecule has 1 saturated heterocycles. The number of rotatable bonds is 3. The molecular formula is C9H14IN3. The molecule has 1 fully saturated rings. The van der Waals surface area contributed by atoms with Crippen LogP contribution in [0.3, 0.4) is 0 Å². The minimum Gasteiger partial charge on any atom is -0.281 e. The second-order valence-electron chi connectivity index (χ2n) is 3.50. The molecule has 2 heterocycles. The van der Waals surface area contributed by atoms with Gasteiger partial charge in [-0.2, -0.15) is 5.10 Å². The molecule has 1 aliphatic rings. The smallest absolute Gasteiger partial charge is 0.0931 e. The summed E-state index contributed by atoms with van der Waals surface area (Å²) in [5.74, 6) is 0. The Kier molecular flexibility index (Phi) is 2.88. The second-order valence-corrected chi connectivity index (χ2v) is 4.75. The average molecular weight is 291 g/mol. The topological polar surface area (TPSA) is 21.1 Å². The van der Waals surface area contributed by atoms with E-state index in [-0.39, 0.29) is 0 Å². The molecule has 4 heteroatoms. The van der Waals surface area contributed by atoms with Crippen LogP contribution in [0.15, 0.2) is 12.4 Å². The number of aromatic nitrogens is 2. The summed E-state index contributed by atoms with van der Waals surface area (Å²) in [7, 11) is 0. The molecule has 72 valence electrons. The Hall–Kier alpha value is -0.100. The highest BCUT2D eigenvalue weighted by molar-refractivity contribution is 14.1. The molecule has 0 N–H and O–H groups in total. The zero-order valence-electron chi connectivity index (χ0n) is 7.78. The summed E-state index contributed by atoms with van der Waals surface area (Å²) in [5, 5.41) is 4.27. The highest BCUT2D eigenvalue weighted by Crippen LogP contribution is 2.20. The fourth-order valence-electron chi connectivity index (χ4n) is 1.74. The maximum absolute atomic E-state index is 4.27. The molecule has 0 radical (unpaired) electrons. The van der Waals surface area contributed by atoms with E-state index in [0.717, 1.165) is 12.7 Å². The van der Waals surface area contributed by atoms with Crippen LogP contribution in [0, 0.1) is 3.57 Å². The molecule has 0 aromatic carbocycles. The van der Waals surface area contributed by atoms with Crippen molar-refractivity contribution in [2.24, 2.45) is 0 Å². The number of likely N-dealkylation sites (tertiary alicyclic amines) is 1. The van der Waals surface area contributed by atoms with Crippen molar-refractivity contribution in [2.45, 2.75) is 32.5 Å². The van der Waals surface area contributed by atoms with Gasteiger partial charge in [0.1, 0.15) is 0 Å². The molecule has 0 spiro atoms. The van der Waals surface area contributed by atoms with Crippen LogP contribution >= 0.6 is 22.6 Å². The average Bonchev–Trinajstić information content (AvgIpc) is 2.46. The van der Waals surface area contributed by atoms with Gasteiger partial charge in [-0.25, -0.2) is 0 Å². The van der Waals surface area contributed by atoms with E-state index in [9.17, 15) is 0 Å². The molecule has 0 bridgehead atoms. The third kappa shape index (κ3) is 2.04. The Bertz CT molecular complexity index is 282. The fourth-order valence-corrected chi connectivity index (χ4v) is 2.19. The van der Waals surface area contributed by atoms with E-state index >= 15 is 0 Å². The molecule has 3 nitrogen and oxygen atoms in total. The Morgan fingerprint density at radius 3 is 3.00 bits per heavy atom. The van der Waals surface area contributed by atoms with Gasteiger partial charge in [0.15, 0.2) is 0 Å². The number of hydrogen-bond acceptors (Lipinski definition) is 2. The maximum atomic E-state index is 4.27. The number of hydrogen-bond donors (Lipinski definition) is 0. The first-order chi connectivity index (χ1) is 6.29. The Balaban J connectivity index is 1.91. The molecule has 1 aromatic rings. The molecule has 1 atom stereocenters. The predicted molar refractivity (Wildman–Crippen MR) is 60.3 cm³/mol. The van der Waals surface area contributed by atoms with E-state index in [1.165, 1.54) is 23.0 Å². The van der Waals surface area contributed by atoms with Crippen LogP contribution < -0.4 is 0 Å². The zero-order chi connectivity index (χ0) is 9.26. The molecule has 0 aliphatic carbocycles. The van der Waals surface area contributed by atoms with Crippen molar-refractivity contribution in [1.82, 2.24) is 14.7 Å². The van der Waals surface area contributed by atoms with Crippen LogP contribution in [0.4, 0.5) is 0 Å². The summed E-state index contributed by atoms with van der Waals surface area (Å²) in [6.07, 6.45) is 6.61. The lowest BCUT2D eigenvalue weighted by Gasteiger charge is -2.40. The van der Waals surface area contributed by atoms with Gasteiger partial charge in [0.05, 0.1) is 16.4 Å². The van der Waals surface area contributed by atoms with Crippen LogP contribution in [0.25, 0.3) is 0 Å². The van der Waals surface area contributed by atoms with E-state index in [4.69, 9.17) is 0 Å². The predicted octanol–water partition coefficient (Wildman–Crippen LogP) is 1.93. The fraction of sp³-hybridized carbons (Fsp3) is 0.667. The quantitative estimate of drug-likeness (QED) is 0.793. The molecule has 1 aliphatic heterocycles. The first-order valence-corrected chi connectivity index (χ1v) is 5.79. The molecule has 0 saturated carbocycles. The van der Waals surface area contributed by atoms with E-state index in [1.54, 1.807) is 0 Å². The Labute approximate surface area is 92.2 Å². The highest BCUT2D eigenvalue weighted by Gasteiger charge is 2.25. The minimum atomic E-state index is 0.793. The van der Waals surface area contributed by atoms with E-state index < -0.39 is 0 Å². The highest BCUT2D eigenvalue weighted by atomic mass is 127. The summed E-state index contributed by atoms with van der Waals surface area (Å²) in [6.45, 7) is 4.44. The van der Waals surface area contributed by atoms with Crippen molar-refractivity contribution in [3.05, 3.63) is 16.0 Å². The van der Waals surface area contributed by atoms with Crippen LogP contribution in [0.1, 0.15) is 19.8 Å². The van der Waals surface area contributed by atoms with Gasteiger partial charge in [0.25, 0.3) is 0 Å². The van der Waals surface area contributed by atoms with Gasteiger partial charge in [0, 0.05) is 18.8 Å². The summed E-state index contributed by atoms with van der Waals surface area (Å²) in [6, 6.07) is 0.793. The summed E-state index contributed by atoms with van der Waals surface area (Å²) in [5.41, 5.74) is 0. The molecule has 1 aromatic heterocycles. The first kappa shape index (κ1) is 9.45. The van der Waals surface area contributed by atoms with Crippen molar-refractivity contribution in [3.8, 4) is 0 Å². The normalized spacial score (nSPS) is 23.1. The van der Waals surface area contributed by atoms with Crippen molar-refractivity contribution in [1.29, 1.82) is 0 Å². The minimum absolute atomic E-state index is 0.793. The lowest BCUT2D eigenvalue weighted by atomic mass is 10.0. The first-order valence-electron chi connectivity index (χ1n) is 4.71. The summed E-state index contributed by atoms with van der Waals surface area (Å²) >= 11 is 2.29. The van der Waals surface area contributed by atoms with Gasteiger partial charge in [-0.05, 0) is 35.4 Å². The van der Waals surface area contributed by atoms with Crippen molar-refractivity contribution < 1.29 is 0 Å². The largest absolute Gasteiger partial charge is 0.281 e. The van der Waals surface area contributed by atoms with Gasteiger partial charge in [-0.3, -0.25) is 9.58 Å². The molecule has 2 rings (SSSR count). The van der Waals surface area contributed by atoms with E-state index in [2.05, 4.69) is 45.7 Å². The number of halogens is 1. The molecule has 13 heavy (non-hydrogen) atoms. The second kappa shape index (κ2) is 3.96. The van der Waals surface area contributed by atoms with Gasteiger partial charge in [0.2, 0.25) is 0 Å². The van der Waals surface area contributed by atoms with Gasteiger partial charge in [-0.15, -0.1) is 0 Å². The standard InChI is InChI=1S/C9H14IN3/c1-2-9-3-4-12(9)7-13-6-8(10)5-11-13/h5-6,9H,2-4,7H2,1H3. The maximum Gasteiger partial charge on any atom is 0.0931 e. The molecular weight excluding hydrogens is 277 g/mol. The molecule has 0 amide bonds. The van der Waals surface area contributed by atoms with Crippen LogP contribution in [-0.2, 0) is 6.67 Å². The Morgan fingerprint density at radius 2 is 2.54 bits per heavy atom. The van der Waals surface area contributed by atoms with Crippen LogP contribution in [-0.4, -0.2) is 27.3 Å². The number of nitrogens with zero attached hydrogens (tertiary/aromatic N) is 3. The third-order valence-electron chi connectivity index (χ3n) is 2.67. The van der Waals surface area contributed by atoms with Crippen LogP contribution in [0.2, 0.25) is 0 Å². The summed E-state index contributed by atoms with van der Waals surface area (Å²) < 4.78 is 3.23. The Morgan fingerprint density at radius 1 is 1.69 bits per heavy atom. The van der Waals surface area contributed by atoms with Crippen molar-refractivity contribution in [3.63, 3.8) is 0 Å². The van der Waals surface area contributed by atoms with Gasteiger partial charge < -0.3 is 0 Å². The third-order valence-corrected chi connectivity index (χ3v) is 3.22. The summed E-state index contributed by atoms with van der Waals surface area (Å²) in [4.78, 5) is 2.48. The van der Waals surface area contributed by atoms with Crippen LogP contribution in [0.5, 0.6) is 0 Å².